The lowest BCUT2D eigenvalue weighted by Gasteiger charge is -2.14. The molecule has 0 aliphatic heterocycles. The first kappa shape index (κ1) is 19.8. The van der Waals surface area contributed by atoms with E-state index in [1.807, 2.05) is 0 Å². The zero-order valence-corrected chi connectivity index (χ0v) is 15.5. The Balaban J connectivity index is 2.19. The molecule has 0 aromatic heterocycles. The van der Waals surface area contributed by atoms with Crippen LogP contribution < -0.4 is 4.74 Å². The minimum atomic E-state index is -1.85. The van der Waals surface area contributed by atoms with Crippen molar-refractivity contribution in [2.24, 2.45) is 11.8 Å². The summed E-state index contributed by atoms with van der Waals surface area (Å²) in [5.74, 6) is -3.77. The molecule has 1 unspecified atom stereocenters. The van der Waals surface area contributed by atoms with Gasteiger partial charge in [-0.05, 0) is 37.2 Å². The van der Waals surface area contributed by atoms with Crippen LogP contribution in [0.15, 0.2) is 6.07 Å². The van der Waals surface area contributed by atoms with E-state index in [4.69, 9.17) is 44.6 Å². The van der Waals surface area contributed by atoms with Gasteiger partial charge in [-0.15, -0.1) is 0 Å². The molecule has 1 aliphatic carbocycles. The summed E-state index contributed by atoms with van der Waals surface area (Å²) >= 11 is 17.8. The molecular weight excluding hydrogens is 395 g/mol. The fourth-order valence-corrected chi connectivity index (χ4v) is 3.03. The van der Waals surface area contributed by atoms with Gasteiger partial charge in [-0.3, -0.25) is 0 Å². The molecule has 25 heavy (non-hydrogen) atoms. The third kappa shape index (κ3) is 5.00. The Labute approximate surface area is 158 Å². The fourth-order valence-electron chi connectivity index (χ4n) is 2.31. The zero-order chi connectivity index (χ0) is 18.7. The average molecular weight is 410 g/mol. The van der Waals surface area contributed by atoms with Crippen LogP contribution in [0.2, 0.25) is 15.1 Å². The van der Waals surface area contributed by atoms with Gasteiger partial charge in [0, 0.05) is 0 Å². The predicted molar refractivity (Wildman–Crippen MR) is 91.5 cm³/mol. The lowest BCUT2D eigenvalue weighted by molar-refractivity contribution is -0.158. The monoisotopic (exact) mass is 408 g/mol. The Morgan fingerprint density at radius 2 is 1.88 bits per heavy atom. The summed E-state index contributed by atoms with van der Waals surface area (Å²) < 4.78 is 9.83. The van der Waals surface area contributed by atoms with Gasteiger partial charge in [0.1, 0.15) is 5.56 Å². The highest BCUT2D eigenvalue weighted by atomic mass is 35.5. The van der Waals surface area contributed by atoms with E-state index in [-0.39, 0.29) is 27.2 Å². The molecular formula is C16H15Cl3O6. The number of carboxylic acids is 1. The summed E-state index contributed by atoms with van der Waals surface area (Å²) in [6.07, 6.45) is 3.03. The molecule has 1 fully saturated rings. The Hall–Kier alpha value is -1.50. The number of rotatable bonds is 6. The molecule has 0 amide bonds. The van der Waals surface area contributed by atoms with Crippen LogP contribution in [0.3, 0.4) is 0 Å². The van der Waals surface area contributed by atoms with Crippen molar-refractivity contribution in [2.45, 2.75) is 26.2 Å². The van der Waals surface area contributed by atoms with Crippen molar-refractivity contribution >= 4 is 52.7 Å². The van der Waals surface area contributed by atoms with Gasteiger partial charge in [-0.25, -0.2) is 14.4 Å². The van der Waals surface area contributed by atoms with Crippen LogP contribution in [-0.4, -0.2) is 29.6 Å². The van der Waals surface area contributed by atoms with Gasteiger partial charge in [0.2, 0.25) is 0 Å². The Morgan fingerprint density at radius 3 is 2.44 bits per heavy atom. The molecule has 1 N–H and O–H groups in total. The number of ether oxygens (including phenoxy) is 2. The molecule has 2 rings (SSSR count). The molecule has 9 heteroatoms. The first-order chi connectivity index (χ1) is 11.7. The number of hydrogen-bond donors (Lipinski definition) is 1. The average Bonchev–Trinajstić information content (AvgIpc) is 3.37. The molecule has 1 atom stereocenters. The summed E-state index contributed by atoms with van der Waals surface area (Å²) in [5, 5.41) is 8.13. The highest BCUT2D eigenvalue weighted by Crippen LogP contribution is 2.40. The van der Waals surface area contributed by atoms with E-state index in [0.29, 0.717) is 18.3 Å². The van der Waals surface area contributed by atoms with E-state index in [1.54, 1.807) is 0 Å². The number of carbonyl (C=O) groups is 3. The van der Waals surface area contributed by atoms with E-state index in [1.165, 1.54) is 12.8 Å². The molecule has 0 saturated heterocycles. The van der Waals surface area contributed by atoms with Crippen LogP contribution in [0, 0.1) is 11.8 Å². The van der Waals surface area contributed by atoms with Crippen LogP contribution in [-0.2, 0) is 14.3 Å². The first-order valence-corrected chi connectivity index (χ1v) is 8.65. The van der Waals surface area contributed by atoms with Crippen molar-refractivity contribution in [3.63, 3.8) is 0 Å². The maximum absolute atomic E-state index is 12.3. The van der Waals surface area contributed by atoms with Gasteiger partial charge in [-0.2, -0.15) is 0 Å². The third-order valence-corrected chi connectivity index (χ3v) is 5.00. The Bertz CT molecular complexity index is 714. The van der Waals surface area contributed by atoms with Crippen LogP contribution in [0.4, 0.5) is 0 Å². The Morgan fingerprint density at radius 1 is 1.24 bits per heavy atom. The van der Waals surface area contributed by atoms with Gasteiger partial charge in [0.05, 0.1) is 21.7 Å². The number of carbonyl (C=O) groups excluding carboxylic acids is 2. The predicted octanol–water partition coefficient (Wildman–Crippen LogP) is 4.23. The Kier molecular flexibility index (Phi) is 6.54. The zero-order valence-electron chi connectivity index (χ0n) is 13.2. The third-order valence-electron chi connectivity index (χ3n) is 3.93. The maximum Gasteiger partial charge on any atom is 0.422 e. The van der Waals surface area contributed by atoms with Gasteiger partial charge < -0.3 is 14.6 Å². The summed E-state index contributed by atoms with van der Waals surface area (Å²) in [5.41, 5.74) is -0.382. The van der Waals surface area contributed by atoms with E-state index in [9.17, 15) is 14.4 Å². The van der Waals surface area contributed by atoms with Crippen molar-refractivity contribution in [1.29, 1.82) is 0 Å². The standard InChI is InChI=1S/C16H15Cl3O6/c1-7(8-2-3-8)4-5-24-15(22)11-12(19)9(17)6-10(18)13(11)25-16(23)14(20)21/h6-8H,2-5H2,1H3,(H,20,21). The molecule has 6 nitrogen and oxygen atoms in total. The summed E-state index contributed by atoms with van der Waals surface area (Å²) in [6, 6.07) is 1.14. The number of esters is 2. The molecule has 1 aromatic rings. The smallest absolute Gasteiger partial charge is 0.422 e. The van der Waals surface area contributed by atoms with E-state index in [2.05, 4.69) is 11.7 Å². The number of benzene rings is 1. The highest BCUT2D eigenvalue weighted by molar-refractivity contribution is 6.46. The van der Waals surface area contributed by atoms with Gasteiger partial charge in [0.25, 0.3) is 0 Å². The second-order valence-electron chi connectivity index (χ2n) is 5.79. The van der Waals surface area contributed by atoms with Crippen LogP contribution in [0.25, 0.3) is 0 Å². The summed E-state index contributed by atoms with van der Waals surface area (Å²) in [4.78, 5) is 34.3. The second kappa shape index (κ2) is 8.25. The van der Waals surface area contributed by atoms with Gasteiger partial charge in [-0.1, -0.05) is 41.7 Å². The molecule has 0 radical (unpaired) electrons. The fraction of sp³-hybridized carbons (Fsp3) is 0.438. The largest absolute Gasteiger partial charge is 0.473 e. The van der Waals surface area contributed by atoms with E-state index in [0.717, 1.165) is 6.07 Å². The van der Waals surface area contributed by atoms with Gasteiger partial charge >= 0.3 is 17.9 Å². The molecule has 0 spiro atoms. The lowest BCUT2D eigenvalue weighted by atomic mass is 10.0. The van der Waals surface area contributed by atoms with Crippen molar-refractivity contribution in [1.82, 2.24) is 0 Å². The van der Waals surface area contributed by atoms with E-state index < -0.39 is 23.7 Å². The van der Waals surface area contributed by atoms with Crippen molar-refractivity contribution in [3.8, 4) is 5.75 Å². The summed E-state index contributed by atoms with van der Waals surface area (Å²) in [6.45, 7) is 2.22. The molecule has 1 saturated carbocycles. The normalized spacial score (nSPS) is 14.7. The highest BCUT2D eigenvalue weighted by Gasteiger charge is 2.30. The van der Waals surface area contributed by atoms with Crippen LogP contribution in [0.5, 0.6) is 5.75 Å². The van der Waals surface area contributed by atoms with Crippen LogP contribution in [0.1, 0.15) is 36.5 Å². The topological polar surface area (TPSA) is 89.9 Å². The first-order valence-electron chi connectivity index (χ1n) is 7.52. The number of hydrogen-bond acceptors (Lipinski definition) is 5. The number of halogens is 3. The number of carboxylic acid groups (broad SMARTS) is 1. The van der Waals surface area contributed by atoms with Crippen LogP contribution >= 0.6 is 34.8 Å². The van der Waals surface area contributed by atoms with Crippen molar-refractivity contribution in [2.75, 3.05) is 6.61 Å². The maximum atomic E-state index is 12.3. The molecule has 0 heterocycles. The molecule has 0 bridgehead atoms. The summed E-state index contributed by atoms with van der Waals surface area (Å²) in [7, 11) is 0. The molecule has 1 aromatic carbocycles. The van der Waals surface area contributed by atoms with Gasteiger partial charge in [0.15, 0.2) is 5.75 Å². The molecule has 1 aliphatic rings. The lowest BCUT2D eigenvalue weighted by Crippen LogP contribution is -2.21. The quantitative estimate of drug-likeness (QED) is 0.327. The second-order valence-corrected chi connectivity index (χ2v) is 6.98. The molecule has 136 valence electrons. The van der Waals surface area contributed by atoms with E-state index >= 15 is 0 Å². The minimum Gasteiger partial charge on any atom is -0.473 e. The van der Waals surface area contributed by atoms with Crippen molar-refractivity contribution in [3.05, 3.63) is 26.7 Å². The minimum absolute atomic E-state index is 0.0555. The number of aliphatic carboxylic acids is 1. The SMILES string of the molecule is CC(CCOC(=O)c1c(Cl)c(Cl)cc(Cl)c1OC(=O)C(=O)O)C1CC1. The van der Waals surface area contributed by atoms with Crippen molar-refractivity contribution < 1.29 is 29.0 Å².